The largest absolute Gasteiger partial charge is 0.436 e. The van der Waals surface area contributed by atoms with Crippen molar-refractivity contribution >= 4 is 27.5 Å². The molecule has 0 bridgehead atoms. The molecule has 0 radical (unpaired) electrons. The summed E-state index contributed by atoms with van der Waals surface area (Å²) in [5.41, 5.74) is 1.12. The number of benzene rings is 1. The van der Waals surface area contributed by atoms with Crippen molar-refractivity contribution < 1.29 is 22.7 Å². The van der Waals surface area contributed by atoms with E-state index in [1.54, 1.807) is 6.07 Å². The van der Waals surface area contributed by atoms with E-state index < -0.39 is 17.8 Å². The van der Waals surface area contributed by atoms with Gasteiger partial charge in [-0.05, 0) is 46.5 Å². The van der Waals surface area contributed by atoms with Crippen molar-refractivity contribution in [1.82, 2.24) is 14.7 Å². The molecular weight excluding hydrogens is 465 g/mol. The summed E-state index contributed by atoms with van der Waals surface area (Å²) in [6, 6.07) is 7.49. The molecule has 2 heterocycles. The van der Waals surface area contributed by atoms with Gasteiger partial charge in [0.05, 0.1) is 23.4 Å². The van der Waals surface area contributed by atoms with E-state index >= 15 is 0 Å². The average Bonchev–Trinajstić information content (AvgIpc) is 3.45. The normalized spacial score (nSPS) is 17.9. The highest BCUT2D eigenvalue weighted by Crippen LogP contribution is 2.46. The van der Waals surface area contributed by atoms with Gasteiger partial charge >= 0.3 is 6.18 Å². The third kappa shape index (κ3) is 5.04. The molecule has 1 N–H and O–H groups in total. The molecule has 2 fully saturated rings. The fraction of sp³-hybridized carbons (Fsp3) is 0.500. The SMILES string of the molecule is O=C(Cn1nc(C(F)(F)F)c(Br)c1C1CC1)Nc1cccc(CN2CCOCC2)c1. The highest BCUT2D eigenvalue weighted by molar-refractivity contribution is 9.10. The van der Waals surface area contributed by atoms with Crippen molar-refractivity contribution in [2.45, 2.75) is 38.0 Å². The summed E-state index contributed by atoms with van der Waals surface area (Å²) in [7, 11) is 0. The summed E-state index contributed by atoms with van der Waals surface area (Å²) in [4.78, 5) is 14.8. The lowest BCUT2D eigenvalue weighted by Crippen LogP contribution is -2.35. The van der Waals surface area contributed by atoms with E-state index in [1.165, 1.54) is 4.68 Å². The number of ether oxygens (including phenoxy) is 1. The molecule has 4 rings (SSSR count). The Morgan fingerprint density at radius 1 is 1.27 bits per heavy atom. The van der Waals surface area contributed by atoms with Crippen LogP contribution in [-0.2, 0) is 28.8 Å². The summed E-state index contributed by atoms with van der Waals surface area (Å²) >= 11 is 3.04. The molecular formula is C20H22BrF3N4O2. The second kappa shape index (κ2) is 8.68. The molecule has 1 saturated carbocycles. The Morgan fingerprint density at radius 2 is 2.00 bits per heavy atom. The van der Waals surface area contributed by atoms with Gasteiger partial charge < -0.3 is 10.1 Å². The number of carbonyl (C=O) groups is 1. The molecule has 1 aliphatic heterocycles. The number of nitrogens with one attached hydrogen (secondary N) is 1. The van der Waals surface area contributed by atoms with Crippen LogP contribution in [-0.4, -0.2) is 46.9 Å². The standard InChI is InChI=1S/C20H22BrF3N4O2/c21-17-18(14-4-5-14)28(26-19(17)20(22,23)24)12-16(29)25-15-3-1-2-13(10-15)11-27-6-8-30-9-7-27/h1-3,10,14H,4-9,11-12H2,(H,25,29). The molecule has 1 saturated heterocycles. The number of nitrogens with zero attached hydrogens (tertiary/aromatic N) is 3. The lowest BCUT2D eigenvalue weighted by atomic mass is 10.2. The van der Waals surface area contributed by atoms with Crippen LogP contribution in [0.2, 0.25) is 0 Å². The number of halogens is 4. The Balaban J connectivity index is 1.44. The van der Waals surface area contributed by atoms with Crippen molar-refractivity contribution in [2.24, 2.45) is 0 Å². The number of anilines is 1. The van der Waals surface area contributed by atoms with E-state index in [1.807, 2.05) is 18.2 Å². The van der Waals surface area contributed by atoms with Crippen molar-refractivity contribution in [1.29, 1.82) is 0 Å². The molecule has 10 heteroatoms. The van der Waals surface area contributed by atoms with E-state index in [0.29, 0.717) is 24.6 Å². The number of rotatable bonds is 6. The van der Waals surface area contributed by atoms with E-state index in [0.717, 1.165) is 38.0 Å². The van der Waals surface area contributed by atoms with Gasteiger partial charge in [-0.15, -0.1) is 0 Å². The van der Waals surface area contributed by atoms with Crippen LogP contribution >= 0.6 is 15.9 Å². The molecule has 1 aliphatic carbocycles. The van der Waals surface area contributed by atoms with E-state index in [4.69, 9.17) is 4.74 Å². The number of aromatic nitrogens is 2. The predicted octanol–water partition coefficient (Wildman–Crippen LogP) is 4.01. The second-order valence-electron chi connectivity index (χ2n) is 7.61. The van der Waals surface area contributed by atoms with Gasteiger partial charge in [-0.1, -0.05) is 12.1 Å². The molecule has 0 spiro atoms. The zero-order valence-corrected chi connectivity index (χ0v) is 17.8. The fourth-order valence-corrected chi connectivity index (χ4v) is 4.44. The van der Waals surface area contributed by atoms with Crippen LogP contribution < -0.4 is 5.32 Å². The molecule has 2 aromatic rings. The number of hydrogen-bond donors (Lipinski definition) is 1. The van der Waals surface area contributed by atoms with E-state index in [2.05, 4.69) is 31.2 Å². The highest BCUT2D eigenvalue weighted by Gasteiger charge is 2.41. The molecule has 6 nitrogen and oxygen atoms in total. The number of morpholine rings is 1. The lowest BCUT2D eigenvalue weighted by molar-refractivity contribution is -0.142. The third-order valence-electron chi connectivity index (χ3n) is 5.18. The van der Waals surface area contributed by atoms with Gasteiger partial charge in [-0.2, -0.15) is 18.3 Å². The quantitative estimate of drug-likeness (QED) is 0.669. The Morgan fingerprint density at radius 3 is 2.67 bits per heavy atom. The maximum Gasteiger partial charge on any atom is 0.436 e. The fourth-order valence-electron chi connectivity index (χ4n) is 3.60. The minimum atomic E-state index is -4.57. The number of amides is 1. The second-order valence-corrected chi connectivity index (χ2v) is 8.41. The van der Waals surface area contributed by atoms with Gasteiger partial charge in [0.15, 0.2) is 5.69 Å². The zero-order valence-electron chi connectivity index (χ0n) is 16.2. The van der Waals surface area contributed by atoms with Gasteiger partial charge in [-0.25, -0.2) is 0 Å². The Hall–Kier alpha value is -1.91. The van der Waals surface area contributed by atoms with Gasteiger partial charge in [0.1, 0.15) is 6.54 Å². The Bertz CT molecular complexity index is 921. The van der Waals surface area contributed by atoms with Crippen LogP contribution in [0.15, 0.2) is 28.7 Å². The van der Waals surface area contributed by atoms with Crippen LogP contribution in [0, 0.1) is 0 Å². The summed E-state index contributed by atoms with van der Waals surface area (Å²) in [6.07, 6.45) is -2.97. The molecule has 0 atom stereocenters. The topological polar surface area (TPSA) is 59.4 Å². The van der Waals surface area contributed by atoms with Crippen molar-refractivity contribution in [3.63, 3.8) is 0 Å². The number of carbonyl (C=O) groups excluding carboxylic acids is 1. The first-order chi connectivity index (χ1) is 14.3. The lowest BCUT2D eigenvalue weighted by Gasteiger charge is -2.26. The van der Waals surface area contributed by atoms with Crippen LogP contribution in [0.1, 0.15) is 35.7 Å². The number of alkyl halides is 3. The Labute approximate surface area is 180 Å². The van der Waals surface area contributed by atoms with Gasteiger partial charge in [-0.3, -0.25) is 14.4 Å². The first-order valence-electron chi connectivity index (χ1n) is 9.83. The zero-order chi connectivity index (χ0) is 21.3. The summed E-state index contributed by atoms with van der Waals surface area (Å²) in [6.45, 7) is 3.61. The van der Waals surface area contributed by atoms with Crippen LogP contribution in [0.4, 0.5) is 18.9 Å². The van der Waals surface area contributed by atoms with Crippen molar-refractivity contribution in [2.75, 3.05) is 31.6 Å². The minimum Gasteiger partial charge on any atom is -0.379 e. The molecule has 1 aromatic carbocycles. The summed E-state index contributed by atoms with van der Waals surface area (Å²) in [5, 5.41) is 6.47. The summed E-state index contributed by atoms with van der Waals surface area (Å²) < 4.78 is 46.2. The first kappa shape index (κ1) is 21.3. The average molecular weight is 487 g/mol. The van der Waals surface area contributed by atoms with E-state index in [-0.39, 0.29) is 16.9 Å². The predicted molar refractivity (Wildman–Crippen MR) is 108 cm³/mol. The molecule has 1 amide bonds. The third-order valence-corrected chi connectivity index (χ3v) is 5.96. The minimum absolute atomic E-state index is 0.00706. The monoisotopic (exact) mass is 486 g/mol. The van der Waals surface area contributed by atoms with Crippen molar-refractivity contribution in [3.8, 4) is 0 Å². The van der Waals surface area contributed by atoms with Crippen LogP contribution in [0.3, 0.4) is 0 Å². The highest BCUT2D eigenvalue weighted by atomic mass is 79.9. The van der Waals surface area contributed by atoms with Crippen molar-refractivity contribution in [3.05, 3.63) is 45.7 Å². The molecule has 0 unspecified atom stereocenters. The maximum atomic E-state index is 13.2. The molecule has 30 heavy (non-hydrogen) atoms. The van der Waals surface area contributed by atoms with Gasteiger partial charge in [0.25, 0.3) is 0 Å². The van der Waals surface area contributed by atoms with Crippen LogP contribution in [0.25, 0.3) is 0 Å². The molecule has 1 aromatic heterocycles. The molecule has 162 valence electrons. The summed E-state index contributed by atoms with van der Waals surface area (Å²) in [5.74, 6) is -0.406. The smallest absolute Gasteiger partial charge is 0.379 e. The van der Waals surface area contributed by atoms with Gasteiger partial charge in [0, 0.05) is 31.2 Å². The maximum absolute atomic E-state index is 13.2. The molecule has 2 aliphatic rings. The first-order valence-corrected chi connectivity index (χ1v) is 10.6. The van der Waals surface area contributed by atoms with E-state index in [9.17, 15) is 18.0 Å². The van der Waals surface area contributed by atoms with Gasteiger partial charge in [0.2, 0.25) is 5.91 Å². The Kier molecular flexibility index (Phi) is 6.17. The number of hydrogen-bond acceptors (Lipinski definition) is 4. The van der Waals surface area contributed by atoms with Crippen LogP contribution in [0.5, 0.6) is 0 Å².